The summed E-state index contributed by atoms with van der Waals surface area (Å²) < 4.78 is 21.2. The Kier molecular flexibility index (Phi) is 6.71. The lowest BCUT2D eigenvalue weighted by Gasteiger charge is -2.15. The summed E-state index contributed by atoms with van der Waals surface area (Å²) in [4.78, 5) is 15.1. The predicted molar refractivity (Wildman–Crippen MR) is 105 cm³/mol. The van der Waals surface area contributed by atoms with Crippen molar-refractivity contribution in [3.63, 3.8) is 0 Å². The van der Waals surface area contributed by atoms with Gasteiger partial charge in [-0.05, 0) is 35.9 Å². The summed E-state index contributed by atoms with van der Waals surface area (Å²) >= 11 is 0. The molecule has 0 spiro atoms. The van der Waals surface area contributed by atoms with Gasteiger partial charge in [-0.15, -0.1) is 0 Å². The summed E-state index contributed by atoms with van der Waals surface area (Å²) in [5, 5.41) is 0. The van der Waals surface area contributed by atoms with Crippen molar-refractivity contribution in [2.75, 3.05) is 42.5 Å². The summed E-state index contributed by atoms with van der Waals surface area (Å²) in [5.41, 5.74) is 1.74. The second kappa shape index (κ2) is 8.98. The Balaban J connectivity index is 2.53. The molecule has 0 unspecified atom stereocenters. The number of Topliss-reactive ketones (excluding diaryl/α,β-unsaturated/α-hetero) is 1. The van der Waals surface area contributed by atoms with Crippen molar-refractivity contribution in [1.29, 1.82) is 0 Å². The molecule has 0 aromatic heterocycles. The Morgan fingerprint density at radius 1 is 0.741 bits per heavy atom. The minimum absolute atomic E-state index is 0.142. The van der Waals surface area contributed by atoms with Crippen LogP contribution in [0.1, 0.15) is 15.9 Å². The maximum absolute atomic E-state index is 13.2. The molecule has 0 radical (unpaired) electrons. The van der Waals surface area contributed by atoms with Gasteiger partial charge in [0.25, 0.3) is 0 Å². The van der Waals surface area contributed by atoms with Gasteiger partial charge in [-0.1, -0.05) is 6.07 Å². The molecule has 0 fully saturated rings. The van der Waals surface area contributed by atoms with E-state index in [-0.39, 0.29) is 5.78 Å². The second-order valence-corrected chi connectivity index (χ2v) is 5.98. The fourth-order valence-electron chi connectivity index (χ4n) is 2.66. The predicted octanol–water partition coefficient (Wildman–Crippen LogP) is 3.51. The monoisotopic (exact) mass is 371 g/mol. The van der Waals surface area contributed by atoms with Crippen molar-refractivity contribution in [2.24, 2.45) is 0 Å². The van der Waals surface area contributed by atoms with Gasteiger partial charge in [0, 0.05) is 31.4 Å². The van der Waals surface area contributed by atoms with Gasteiger partial charge in [0.05, 0.1) is 28.4 Å². The molecule has 2 aromatic carbocycles. The molecular weight excluding hydrogens is 346 g/mol. The Hall–Kier alpha value is -3.15. The number of carbonyl (C=O) groups is 1. The first kappa shape index (κ1) is 20.2. The molecule has 0 N–H and O–H groups in total. The Labute approximate surface area is 159 Å². The standard InChI is InChI=1S/C21H25NO5/c1-22(2)13-16(14-7-9-17(24-3)19(11-14)26-5)21(23)15-8-10-18(25-4)20(12-15)27-6/h7-13H,1-6H3/b16-13+. The zero-order valence-electron chi connectivity index (χ0n) is 16.5. The molecule has 0 aliphatic heterocycles. The Bertz CT molecular complexity index is 842. The van der Waals surface area contributed by atoms with Crippen LogP contribution in [0.5, 0.6) is 23.0 Å². The smallest absolute Gasteiger partial charge is 0.195 e. The zero-order chi connectivity index (χ0) is 20.0. The molecule has 144 valence electrons. The van der Waals surface area contributed by atoms with Crippen LogP contribution in [-0.2, 0) is 0 Å². The third-order valence-electron chi connectivity index (χ3n) is 3.97. The van der Waals surface area contributed by atoms with E-state index < -0.39 is 0 Å². The first-order valence-corrected chi connectivity index (χ1v) is 8.32. The molecular formula is C21H25NO5. The number of ketones is 1. The normalized spacial score (nSPS) is 11.0. The Morgan fingerprint density at radius 2 is 1.19 bits per heavy atom. The molecule has 0 amide bonds. The lowest BCUT2D eigenvalue weighted by molar-refractivity contribution is 0.105. The van der Waals surface area contributed by atoms with Gasteiger partial charge in [-0.25, -0.2) is 0 Å². The van der Waals surface area contributed by atoms with Crippen LogP contribution < -0.4 is 18.9 Å². The van der Waals surface area contributed by atoms with Crippen LogP contribution in [0.25, 0.3) is 5.57 Å². The number of hydrogen-bond donors (Lipinski definition) is 0. The number of ether oxygens (including phenoxy) is 4. The van der Waals surface area contributed by atoms with E-state index >= 15 is 0 Å². The van der Waals surface area contributed by atoms with Crippen molar-refractivity contribution in [1.82, 2.24) is 4.90 Å². The molecule has 6 heteroatoms. The number of methoxy groups -OCH3 is 4. The highest BCUT2D eigenvalue weighted by atomic mass is 16.5. The highest BCUT2D eigenvalue weighted by Crippen LogP contribution is 2.33. The molecule has 0 atom stereocenters. The number of carbonyl (C=O) groups excluding carboxylic acids is 1. The van der Waals surface area contributed by atoms with E-state index in [1.54, 1.807) is 57.9 Å². The third kappa shape index (κ3) is 4.53. The summed E-state index contributed by atoms with van der Waals surface area (Å²) in [6.07, 6.45) is 1.78. The van der Waals surface area contributed by atoms with Crippen LogP contribution in [0.4, 0.5) is 0 Å². The molecule has 6 nitrogen and oxygen atoms in total. The quantitative estimate of drug-likeness (QED) is 0.523. The second-order valence-electron chi connectivity index (χ2n) is 5.98. The van der Waals surface area contributed by atoms with Crippen molar-refractivity contribution in [2.45, 2.75) is 0 Å². The first-order chi connectivity index (χ1) is 12.9. The summed E-state index contributed by atoms with van der Waals surface area (Å²) in [7, 11) is 9.96. The molecule has 0 heterocycles. The van der Waals surface area contributed by atoms with E-state index in [0.717, 1.165) is 5.56 Å². The Morgan fingerprint density at radius 3 is 1.63 bits per heavy atom. The van der Waals surface area contributed by atoms with Gasteiger partial charge in [0.15, 0.2) is 28.8 Å². The van der Waals surface area contributed by atoms with E-state index in [2.05, 4.69) is 0 Å². The van der Waals surface area contributed by atoms with Gasteiger partial charge in [0.1, 0.15) is 0 Å². The number of allylic oxidation sites excluding steroid dienone is 1. The van der Waals surface area contributed by atoms with E-state index in [9.17, 15) is 4.79 Å². The van der Waals surface area contributed by atoms with Crippen LogP contribution in [-0.4, -0.2) is 53.2 Å². The van der Waals surface area contributed by atoms with Gasteiger partial charge in [-0.2, -0.15) is 0 Å². The van der Waals surface area contributed by atoms with Gasteiger partial charge < -0.3 is 23.8 Å². The van der Waals surface area contributed by atoms with Crippen LogP contribution >= 0.6 is 0 Å². The topological polar surface area (TPSA) is 57.2 Å². The minimum atomic E-state index is -0.142. The average molecular weight is 371 g/mol. The highest BCUT2D eigenvalue weighted by molar-refractivity contribution is 6.29. The van der Waals surface area contributed by atoms with E-state index in [1.807, 2.05) is 25.1 Å². The first-order valence-electron chi connectivity index (χ1n) is 8.32. The van der Waals surface area contributed by atoms with Crippen LogP contribution in [0, 0.1) is 0 Å². The van der Waals surface area contributed by atoms with Crippen molar-refractivity contribution in [3.05, 3.63) is 53.7 Å². The lowest BCUT2D eigenvalue weighted by atomic mass is 9.96. The largest absolute Gasteiger partial charge is 0.493 e. The number of nitrogens with zero attached hydrogens (tertiary/aromatic N) is 1. The summed E-state index contributed by atoms with van der Waals surface area (Å²) in [5.74, 6) is 2.08. The summed E-state index contributed by atoms with van der Waals surface area (Å²) in [6.45, 7) is 0. The fraction of sp³-hybridized carbons (Fsp3) is 0.286. The molecule has 0 bridgehead atoms. The molecule has 0 aliphatic carbocycles. The van der Waals surface area contributed by atoms with Gasteiger partial charge in [-0.3, -0.25) is 4.79 Å². The summed E-state index contributed by atoms with van der Waals surface area (Å²) in [6, 6.07) is 10.5. The highest BCUT2D eigenvalue weighted by Gasteiger charge is 2.19. The average Bonchev–Trinajstić information content (AvgIpc) is 2.70. The number of rotatable bonds is 8. The van der Waals surface area contributed by atoms with E-state index in [0.29, 0.717) is 34.1 Å². The molecule has 2 aromatic rings. The zero-order valence-corrected chi connectivity index (χ0v) is 16.5. The number of hydrogen-bond acceptors (Lipinski definition) is 6. The van der Waals surface area contributed by atoms with Gasteiger partial charge in [0.2, 0.25) is 0 Å². The molecule has 27 heavy (non-hydrogen) atoms. The lowest BCUT2D eigenvalue weighted by Crippen LogP contribution is -2.10. The van der Waals surface area contributed by atoms with Gasteiger partial charge >= 0.3 is 0 Å². The van der Waals surface area contributed by atoms with E-state index in [4.69, 9.17) is 18.9 Å². The number of benzene rings is 2. The molecule has 0 saturated carbocycles. The van der Waals surface area contributed by atoms with E-state index in [1.165, 1.54) is 7.11 Å². The minimum Gasteiger partial charge on any atom is -0.493 e. The molecule has 0 aliphatic rings. The van der Waals surface area contributed by atoms with Crippen molar-refractivity contribution in [3.8, 4) is 23.0 Å². The maximum atomic E-state index is 13.2. The van der Waals surface area contributed by atoms with Crippen molar-refractivity contribution >= 4 is 11.4 Å². The maximum Gasteiger partial charge on any atom is 0.195 e. The van der Waals surface area contributed by atoms with Crippen LogP contribution in [0.3, 0.4) is 0 Å². The van der Waals surface area contributed by atoms with Crippen LogP contribution in [0.2, 0.25) is 0 Å². The third-order valence-corrected chi connectivity index (χ3v) is 3.97. The SMILES string of the molecule is COc1ccc(C(=O)/C(=C/N(C)C)c2ccc(OC)c(OC)c2)cc1OC. The van der Waals surface area contributed by atoms with Crippen molar-refractivity contribution < 1.29 is 23.7 Å². The fourth-order valence-corrected chi connectivity index (χ4v) is 2.66. The van der Waals surface area contributed by atoms with Crippen LogP contribution in [0.15, 0.2) is 42.6 Å². The molecule has 0 saturated heterocycles. The molecule has 2 rings (SSSR count).